The molecule has 0 fully saturated rings. The topological polar surface area (TPSA) is 37.3 Å². The van der Waals surface area contributed by atoms with Crippen molar-refractivity contribution >= 4 is 5.78 Å². The Kier molecular flexibility index (Phi) is 3.73. The molecule has 0 aliphatic heterocycles. The molecule has 0 saturated heterocycles. The highest BCUT2D eigenvalue weighted by molar-refractivity contribution is 5.77. The van der Waals surface area contributed by atoms with Crippen LogP contribution in [0.15, 0.2) is 0 Å². The molecule has 0 aliphatic rings. The Bertz CT molecular complexity index is 138. The second kappa shape index (κ2) is 3.86. The van der Waals surface area contributed by atoms with Crippen LogP contribution in [0.2, 0.25) is 0 Å². The molecule has 2 atom stereocenters. The third kappa shape index (κ3) is 4.14. The zero-order valence-electron chi connectivity index (χ0n) is 7.85. The van der Waals surface area contributed by atoms with Gasteiger partial charge in [0.25, 0.3) is 0 Å². The van der Waals surface area contributed by atoms with E-state index in [0.717, 1.165) is 0 Å². The Morgan fingerprint density at radius 3 is 2.36 bits per heavy atom. The molecule has 0 amide bonds. The Morgan fingerprint density at radius 2 is 2.09 bits per heavy atom. The molecular weight excluding hydrogens is 140 g/mol. The molecule has 2 nitrogen and oxygen atoms in total. The average Bonchev–Trinajstić information content (AvgIpc) is 1.87. The minimum absolute atomic E-state index is 0.0232. The van der Waals surface area contributed by atoms with E-state index in [4.69, 9.17) is 0 Å². The molecule has 0 heterocycles. The Hall–Kier alpha value is -0.370. The van der Waals surface area contributed by atoms with Crippen molar-refractivity contribution < 1.29 is 9.90 Å². The van der Waals surface area contributed by atoms with E-state index in [1.54, 1.807) is 13.8 Å². The van der Waals surface area contributed by atoms with Crippen LogP contribution < -0.4 is 0 Å². The highest BCUT2D eigenvalue weighted by Crippen LogP contribution is 2.19. The standard InChI is InChI=1S/C9H18O2/c1-5-9(4,11)6-7(2)8(3)10/h7,11H,5-6H2,1-4H3. The number of hydrogen-bond acceptors (Lipinski definition) is 2. The predicted octanol–water partition coefficient (Wildman–Crippen LogP) is 1.76. The van der Waals surface area contributed by atoms with Crippen LogP contribution in [0.4, 0.5) is 0 Å². The molecule has 0 aliphatic carbocycles. The largest absolute Gasteiger partial charge is 0.390 e. The molecule has 66 valence electrons. The molecule has 0 saturated carbocycles. The predicted molar refractivity (Wildman–Crippen MR) is 45.4 cm³/mol. The maximum atomic E-state index is 10.8. The summed E-state index contributed by atoms with van der Waals surface area (Å²) in [6.45, 7) is 7.11. The fourth-order valence-corrected chi connectivity index (χ4v) is 0.948. The van der Waals surface area contributed by atoms with Gasteiger partial charge in [-0.2, -0.15) is 0 Å². The monoisotopic (exact) mass is 158 g/mol. The fourth-order valence-electron chi connectivity index (χ4n) is 0.948. The quantitative estimate of drug-likeness (QED) is 0.677. The summed E-state index contributed by atoms with van der Waals surface area (Å²) in [4.78, 5) is 10.8. The first-order valence-electron chi connectivity index (χ1n) is 4.12. The van der Waals surface area contributed by atoms with Gasteiger partial charge in [-0.3, -0.25) is 4.79 Å². The van der Waals surface area contributed by atoms with Crippen molar-refractivity contribution in [2.24, 2.45) is 5.92 Å². The second-order valence-corrected chi connectivity index (χ2v) is 3.57. The van der Waals surface area contributed by atoms with Crippen molar-refractivity contribution in [3.63, 3.8) is 0 Å². The van der Waals surface area contributed by atoms with Crippen LogP contribution in [0, 0.1) is 5.92 Å². The van der Waals surface area contributed by atoms with Crippen molar-refractivity contribution in [2.75, 3.05) is 0 Å². The van der Waals surface area contributed by atoms with Crippen molar-refractivity contribution in [2.45, 2.75) is 46.1 Å². The average molecular weight is 158 g/mol. The Morgan fingerprint density at radius 1 is 1.64 bits per heavy atom. The normalized spacial score (nSPS) is 19.0. The highest BCUT2D eigenvalue weighted by Gasteiger charge is 2.22. The van der Waals surface area contributed by atoms with Gasteiger partial charge < -0.3 is 5.11 Å². The van der Waals surface area contributed by atoms with E-state index in [1.807, 2.05) is 13.8 Å². The summed E-state index contributed by atoms with van der Waals surface area (Å²) in [5.41, 5.74) is -0.676. The first kappa shape index (κ1) is 10.6. The van der Waals surface area contributed by atoms with Gasteiger partial charge in [-0.25, -0.2) is 0 Å². The first-order chi connectivity index (χ1) is 4.89. The smallest absolute Gasteiger partial charge is 0.132 e. The van der Waals surface area contributed by atoms with Crippen LogP contribution in [-0.2, 0) is 4.79 Å². The molecule has 0 bridgehead atoms. The number of ketones is 1. The van der Waals surface area contributed by atoms with Gasteiger partial charge in [0, 0.05) is 5.92 Å². The number of carbonyl (C=O) groups excluding carboxylic acids is 1. The van der Waals surface area contributed by atoms with E-state index in [0.29, 0.717) is 12.8 Å². The van der Waals surface area contributed by atoms with E-state index < -0.39 is 5.60 Å². The van der Waals surface area contributed by atoms with Gasteiger partial charge in [0.2, 0.25) is 0 Å². The minimum Gasteiger partial charge on any atom is -0.390 e. The third-order valence-electron chi connectivity index (χ3n) is 2.20. The van der Waals surface area contributed by atoms with Crippen LogP contribution in [0.5, 0.6) is 0 Å². The number of aliphatic hydroxyl groups is 1. The summed E-state index contributed by atoms with van der Waals surface area (Å²) >= 11 is 0. The number of carbonyl (C=O) groups is 1. The number of hydrogen-bond donors (Lipinski definition) is 1. The molecule has 0 aromatic carbocycles. The molecule has 0 spiro atoms. The van der Waals surface area contributed by atoms with E-state index >= 15 is 0 Å². The van der Waals surface area contributed by atoms with Gasteiger partial charge in [0.05, 0.1) is 5.60 Å². The van der Waals surface area contributed by atoms with E-state index in [-0.39, 0.29) is 11.7 Å². The summed E-state index contributed by atoms with van der Waals surface area (Å²) in [5, 5.41) is 9.59. The minimum atomic E-state index is -0.676. The van der Waals surface area contributed by atoms with E-state index in [9.17, 15) is 9.90 Å². The van der Waals surface area contributed by atoms with Crippen molar-refractivity contribution in [1.82, 2.24) is 0 Å². The number of rotatable bonds is 4. The molecule has 0 aromatic rings. The van der Waals surface area contributed by atoms with Gasteiger partial charge in [-0.05, 0) is 26.7 Å². The maximum Gasteiger partial charge on any atom is 0.132 e. The third-order valence-corrected chi connectivity index (χ3v) is 2.20. The molecule has 0 rings (SSSR count). The second-order valence-electron chi connectivity index (χ2n) is 3.57. The van der Waals surface area contributed by atoms with Gasteiger partial charge >= 0.3 is 0 Å². The van der Waals surface area contributed by atoms with Crippen LogP contribution in [-0.4, -0.2) is 16.5 Å². The van der Waals surface area contributed by atoms with Crippen LogP contribution >= 0.6 is 0 Å². The molecule has 2 unspecified atom stereocenters. The molecule has 0 aromatic heterocycles. The van der Waals surface area contributed by atoms with Crippen molar-refractivity contribution in [1.29, 1.82) is 0 Å². The van der Waals surface area contributed by atoms with Crippen LogP contribution in [0.3, 0.4) is 0 Å². The Labute approximate surface area is 68.6 Å². The summed E-state index contributed by atoms with van der Waals surface area (Å²) < 4.78 is 0. The lowest BCUT2D eigenvalue weighted by molar-refractivity contribution is -0.122. The van der Waals surface area contributed by atoms with Crippen molar-refractivity contribution in [3.05, 3.63) is 0 Å². The summed E-state index contributed by atoms with van der Waals surface area (Å²) in [7, 11) is 0. The summed E-state index contributed by atoms with van der Waals surface area (Å²) in [5.74, 6) is 0.128. The van der Waals surface area contributed by atoms with Gasteiger partial charge in [0.1, 0.15) is 5.78 Å². The first-order valence-corrected chi connectivity index (χ1v) is 4.12. The van der Waals surface area contributed by atoms with Crippen LogP contribution in [0.25, 0.3) is 0 Å². The molecule has 0 radical (unpaired) electrons. The molecular formula is C9H18O2. The lowest BCUT2D eigenvalue weighted by Gasteiger charge is -2.23. The van der Waals surface area contributed by atoms with Gasteiger partial charge in [-0.15, -0.1) is 0 Å². The number of Topliss-reactive ketones (excluding diaryl/α,β-unsaturated/α-hetero) is 1. The van der Waals surface area contributed by atoms with Gasteiger partial charge in [0.15, 0.2) is 0 Å². The van der Waals surface area contributed by atoms with E-state index in [1.165, 1.54) is 0 Å². The summed E-state index contributed by atoms with van der Waals surface area (Å²) in [6.07, 6.45) is 1.27. The van der Waals surface area contributed by atoms with Crippen molar-refractivity contribution in [3.8, 4) is 0 Å². The zero-order chi connectivity index (χ0) is 9.07. The maximum absolute atomic E-state index is 10.8. The Balaban J connectivity index is 3.93. The lowest BCUT2D eigenvalue weighted by atomic mass is 9.89. The van der Waals surface area contributed by atoms with Gasteiger partial charge in [-0.1, -0.05) is 13.8 Å². The van der Waals surface area contributed by atoms with E-state index in [2.05, 4.69) is 0 Å². The molecule has 11 heavy (non-hydrogen) atoms. The molecule has 2 heteroatoms. The SMILES string of the molecule is CCC(C)(O)CC(C)C(C)=O. The summed E-state index contributed by atoms with van der Waals surface area (Å²) in [6, 6.07) is 0. The lowest BCUT2D eigenvalue weighted by Crippen LogP contribution is -2.27. The zero-order valence-corrected chi connectivity index (χ0v) is 7.85. The van der Waals surface area contributed by atoms with Crippen LogP contribution in [0.1, 0.15) is 40.5 Å². The molecule has 1 N–H and O–H groups in total. The highest BCUT2D eigenvalue weighted by atomic mass is 16.3. The fraction of sp³-hybridized carbons (Fsp3) is 0.889.